The van der Waals surface area contributed by atoms with E-state index in [1.54, 1.807) is 12.4 Å². The molecule has 0 N–H and O–H groups in total. The molecule has 0 aliphatic carbocycles. The lowest BCUT2D eigenvalue weighted by molar-refractivity contribution is 0.00578. The first kappa shape index (κ1) is 21.0. The molecule has 6 heteroatoms. The molecular weight excluding hydrogens is 439 g/mol. The summed E-state index contributed by atoms with van der Waals surface area (Å²) in [6.45, 7) is 8.27. The molecule has 5 rings (SSSR count). The van der Waals surface area contributed by atoms with Crippen molar-refractivity contribution in [3.63, 3.8) is 0 Å². The highest BCUT2D eigenvalue weighted by atomic mass is 79.9. The second kappa shape index (κ2) is 8.10. The Labute approximate surface area is 185 Å². The molecule has 0 amide bonds. The lowest BCUT2D eigenvalue weighted by atomic mass is 9.78. The lowest BCUT2D eigenvalue weighted by Crippen LogP contribution is -2.41. The van der Waals surface area contributed by atoms with Crippen LogP contribution in [0.5, 0.6) is 0 Å². The summed E-state index contributed by atoms with van der Waals surface area (Å²) in [5.41, 5.74) is 0.452. The molecule has 30 heavy (non-hydrogen) atoms. The van der Waals surface area contributed by atoms with Crippen LogP contribution in [0.1, 0.15) is 27.7 Å². The van der Waals surface area contributed by atoms with Gasteiger partial charge in [0.15, 0.2) is 0 Å². The maximum atomic E-state index is 6.06. The van der Waals surface area contributed by atoms with Gasteiger partial charge in [-0.05, 0) is 73.6 Å². The van der Waals surface area contributed by atoms with Crippen molar-refractivity contribution in [2.45, 2.75) is 38.9 Å². The highest BCUT2D eigenvalue weighted by Gasteiger charge is 2.51. The van der Waals surface area contributed by atoms with Gasteiger partial charge in [-0.3, -0.25) is 9.97 Å². The Bertz CT molecular complexity index is 1180. The summed E-state index contributed by atoms with van der Waals surface area (Å²) < 4.78 is 13.2. The fourth-order valence-corrected chi connectivity index (χ4v) is 3.66. The van der Waals surface area contributed by atoms with Crippen molar-refractivity contribution in [3.05, 3.63) is 77.8 Å². The monoisotopic (exact) mass is 462 g/mol. The molecule has 1 aliphatic rings. The first-order valence-electron chi connectivity index (χ1n) is 9.94. The Morgan fingerprint density at radius 2 is 1.23 bits per heavy atom. The number of nitrogens with zero attached hydrogens (tertiary/aromatic N) is 2. The third-order valence-electron chi connectivity index (χ3n) is 5.79. The van der Waals surface area contributed by atoms with Crippen LogP contribution in [-0.4, -0.2) is 28.3 Å². The number of aromatic nitrogens is 2. The van der Waals surface area contributed by atoms with Gasteiger partial charge in [0.2, 0.25) is 0 Å². The van der Waals surface area contributed by atoms with Gasteiger partial charge in [0.1, 0.15) is 0 Å². The minimum atomic E-state index is -0.303. The quantitative estimate of drug-likeness (QED) is 0.349. The van der Waals surface area contributed by atoms with Crippen LogP contribution in [-0.2, 0) is 9.31 Å². The summed E-state index contributed by atoms with van der Waals surface area (Å²) in [4.78, 5) is 8.15. The smallest absolute Gasteiger partial charge is 0.399 e. The van der Waals surface area contributed by atoms with Crippen molar-refractivity contribution < 1.29 is 9.31 Å². The molecule has 0 atom stereocenters. The zero-order valence-corrected chi connectivity index (χ0v) is 19.2. The van der Waals surface area contributed by atoms with Crippen LogP contribution in [0.3, 0.4) is 0 Å². The van der Waals surface area contributed by atoms with E-state index in [0.29, 0.717) is 0 Å². The van der Waals surface area contributed by atoms with E-state index in [2.05, 4.69) is 71.8 Å². The molecular formula is C24H24BBrN2O2. The van der Waals surface area contributed by atoms with Gasteiger partial charge >= 0.3 is 7.12 Å². The number of rotatable bonds is 1. The number of hydrogen-bond donors (Lipinski definition) is 0. The van der Waals surface area contributed by atoms with Gasteiger partial charge in [0.25, 0.3) is 0 Å². The Morgan fingerprint density at radius 1 is 0.700 bits per heavy atom. The van der Waals surface area contributed by atoms with Crippen molar-refractivity contribution in [1.82, 2.24) is 9.97 Å². The van der Waals surface area contributed by atoms with Crippen LogP contribution < -0.4 is 5.46 Å². The van der Waals surface area contributed by atoms with Gasteiger partial charge < -0.3 is 9.31 Å². The first-order chi connectivity index (χ1) is 14.2. The van der Waals surface area contributed by atoms with E-state index < -0.39 is 0 Å². The van der Waals surface area contributed by atoms with E-state index >= 15 is 0 Å². The second-order valence-corrected chi connectivity index (χ2v) is 9.35. The molecule has 1 aliphatic heterocycles. The molecule has 2 aromatic heterocycles. The highest BCUT2D eigenvalue weighted by Crippen LogP contribution is 2.36. The summed E-state index contributed by atoms with van der Waals surface area (Å²) in [7, 11) is -0.303. The summed E-state index contributed by atoms with van der Waals surface area (Å²) in [5.74, 6) is 0. The molecule has 0 bridgehead atoms. The van der Waals surface area contributed by atoms with Crippen LogP contribution in [0.15, 0.2) is 77.8 Å². The Hall–Kier alpha value is -2.28. The SMILES string of the molecule is Brc1ccc2cnccc2c1.CC1(C)OB(c2ccc3cnccc3c2)OC1(C)C. The highest BCUT2D eigenvalue weighted by molar-refractivity contribution is 9.10. The topological polar surface area (TPSA) is 44.2 Å². The molecule has 0 saturated carbocycles. The van der Waals surface area contributed by atoms with Crippen LogP contribution in [0.25, 0.3) is 21.5 Å². The number of benzene rings is 2. The summed E-state index contributed by atoms with van der Waals surface area (Å²) in [6, 6.07) is 16.4. The number of halogens is 1. The second-order valence-electron chi connectivity index (χ2n) is 8.44. The number of fused-ring (bicyclic) bond motifs is 2. The third-order valence-corrected chi connectivity index (χ3v) is 6.29. The standard InChI is InChI=1S/C15H18BNO2.C9H6BrN/c1-14(2)15(3,4)19-16(18-14)13-6-5-12-10-17-8-7-11(12)9-13;10-9-2-1-8-6-11-4-3-7(8)5-9/h5-10H,1-4H3;1-6H. The van der Waals surface area contributed by atoms with E-state index in [4.69, 9.17) is 9.31 Å². The van der Waals surface area contributed by atoms with Gasteiger partial charge in [0.05, 0.1) is 11.2 Å². The summed E-state index contributed by atoms with van der Waals surface area (Å²) in [5, 5.41) is 4.68. The van der Waals surface area contributed by atoms with Crippen LogP contribution >= 0.6 is 15.9 Å². The van der Waals surface area contributed by atoms with Crippen LogP contribution in [0.4, 0.5) is 0 Å². The molecule has 4 nitrogen and oxygen atoms in total. The predicted octanol–water partition coefficient (Wildman–Crippen LogP) is 5.53. The van der Waals surface area contributed by atoms with Gasteiger partial charge in [-0.2, -0.15) is 0 Å². The van der Waals surface area contributed by atoms with Gasteiger partial charge in [-0.1, -0.05) is 40.2 Å². The Kier molecular flexibility index (Phi) is 5.66. The summed E-state index contributed by atoms with van der Waals surface area (Å²) >= 11 is 3.41. The molecule has 0 spiro atoms. The number of pyridine rings is 2. The minimum absolute atomic E-state index is 0.301. The van der Waals surface area contributed by atoms with Crippen molar-refractivity contribution >= 4 is 50.1 Å². The van der Waals surface area contributed by atoms with Crippen LogP contribution in [0.2, 0.25) is 0 Å². The Balaban J connectivity index is 0.000000168. The van der Waals surface area contributed by atoms with Gasteiger partial charge in [-0.25, -0.2) is 0 Å². The zero-order valence-electron chi connectivity index (χ0n) is 17.6. The zero-order chi connectivity index (χ0) is 21.4. The molecule has 2 aromatic carbocycles. The van der Waals surface area contributed by atoms with Gasteiger partial charge in [0, 0.05) is 34.6 Å². The molecule has 0 unspecified atom stereocenters. The maximum absolute atomic E-state index is 6.06. The summed E-state index contributed by atoms with van der Waals surface area (Å²) in [6.07, 6.45) is 7.33. The average Bonchev–Trinajstić information content (AvgIpc) is 2.95. The van der Waals surface area contributed by atoms with E-state index in [-0.39, 0.29) is 18.3 Å². The largest absolute Gasteiger partial charge is 0.494 e. The van der Waals surface area contributed by atoms with Crippen molar-refractivity contribution in [1.29, 1.82) is 0 Å². The van der Waals surface area contributed by atoms with Crippen molar-refractivity contribution in [2.24, 2.45) is 0 Å². The molecule has 1 fully saturated rings. The van der Waals surface area contributed by atoms with Crippen molar-refractivity contribution in [2.75, 3.05) is 0 Å². The van der Waals surface area contributed by atoms with Crippen LogP contribution in [0, 0.1) is 0 Å². The maximum Gasteiger partial charge on any atom is 0.494 e. The first-order valence-corrected chi connectivity index (χ1v) is 10.7. The third kappa shape index (κ3) is 4.26. The van der Waals surface area contributed by atoms with E-state index in [1.807, 2.05) is 42.7 Å². The Morgan fingerprint density at radius 3 is 1.83 bits per heavy atom. The molecule has 4 aromatic rings. The molecule has 152 valence electrons. The fraction of sp³-hybridized carbons (Fsp3) is 0.250. The predicted molar refractivity (Wildman–Crippen MR) is 127 cm³/mol. The fourth-order valence-electron chi connectivity index (χ4n) is 3.28. The molecule has 0 radical (unpaired) electrons. The number of hydrogen-bond acceptors (Lipinski definition) is 4. The van der Waals surface area contributed by atoms with E-state index in [0.717, 1.165) is 20.7 Å². The lowest BCUT2D eigenvalue weighted by Gasteiger charge is -2.32. The van der Waals surface area contributed by atoms with E-state index in [1.165, 1.54) is 10.8 Å². The van der Waals surface area contributed by atoms with Gasteiger partial charge in [-0.15, -0.1) is 0 Å². The van der Waals surface area contributed by atoms with Crippen molar-refractivity contribution in [3.8, 4) is 0 Å². The molecule has 1 saturated heterocycles. The van der Waals surface area contributed by atoms with E-state index in [9.17, 15) is 0 Å². The average molecular weight is 463 g/mol. The molecule has 3 heterocycles. The normalized spacial score (nSPS) is 17.0. The minimum Gasteiger partial charge on any atom is -0.399 e.